The average Bonchev–Trinajstić information content (AvgIpc) is 2.63. The number of amides is 1. The molecular formula is C16H18F2N4O5. The van der Waals surface area contributed by atoms with Crippen LogP contribution in [-0.2, 0) is 4.74 Å². The zero-order chi connectivity index (χ0) is 20.0. The fraction of sp³-hybridized carbons (Fsp3) is 0.375. The van der Waals surface area contributed by atoms with Crippen molar-refractivity contribution >= 4 is 11.7 Å². The van der Waals surface area contributed by atoms with E-state index in [1.54, 1.807) is 19.1 Å². The maximum Gasteiger partial charge on any atom is 0.351 e. The highest BCUT2D eigenvalue weighted by molar-refractivity contribution is 6.02. The summed E-state index contributed by atoms with van der Waals surface area (Å²) < 4.78 is 31.6. The lowest BCUT2D eigenvalue weighted by atomic mass is 10.3. The number of ether oxygens (including phenoxy) is 1. The number of aliphatic hydroxyl groups is 2. The number of aromatic nitrogens is 3. The Labute approximate surface area is 152 Å². The van der Waals surface area contributed by atoms with Gasteiger partial charge in [-0.05, 0) is 25.1 Å². The molecule has 3 atom stereocenters. The lowest BCUT2D eigenvalue weighted by molar-refractivity contribution is -0.165. The van der Waals surface area contributed by atoms with Crippen molar-refractivity contribution in [3.63, 3.8) is 0 Å². The van der Waals surface area contributed by atoms with Crippen molar-refractivity contribution in [2.75, 3.05) is 18.6 Å². The van der Waals surface area contributed by atoms with Crippen LogP contribution in [0.2, 0.25) is 0 Å². The summed E-state index contributed by atoms with van der Waals surface area (Å²) in [5.74, 6) is -0.700. The number of nitrogens with one attached hydrogen (secondary N) is 1. The number of hydrogen-bond donors (Lipinski definition) is 3. The monoisotopic (exact) mass is 384 g/mol. The molecule has 3 N–H and O–H groups in total. The van der Waals surface area contributed by atoms with Crippen LogP contribution in [0, 0.1) is 6.92 Å². The summed E-state index contributed by atoms with van der Waals surface area (Å²) in [6.07, 6.45) is -4.83. The van der Waals surface area contributed by atoms with E-state index in [-0.39, 0.29) is 11.5 Å². The smallest absolute Gasteiger partial charge is 0.351 e. The zero-order valence-corrected chi connectivity index (χ0v) is 14.2. The Hall–Kier alpha value is -2.76. The first-order chi connectivity index (χ1) is 12.8. The van der Waals surface area contributed by atoms with Crippen molar-refractivity contribution in [1.82, 2.24) is 14.5 Å². The number of carbonyl (C=O) groups excluding carboxylic acids is 1. The molecule has 2 aromatic rings. The van der Waals surface area contributed by atoms with Crippen LogP contribution in [0.1, 0.15) is 22.4 Å². The number of rotatable bonds is 8. The van der Waals surface area contributed by atoms with Crippen LogP contribution in [0.4, 0.5) is 14.6 Å². The van der Waals surface area contributed by atoms with Crippen molar-refractivity contribution in [3.8, 4) is 0 Å². The second-order valence-corrected chi connectivity index (χ2v) is 5.46. The van der Waals surface area contributed by atoms with E-state index in [1.165, 1.54) is 12.1 Å². The molecule has 9 nitrogen and oxygen atoms in total. The van der Waals surface area contributed by atoms with Crippen LogP contribution in [-0.4, -0.2) is 56.4 Å². The third-order valence-corrected chi connectivity index (χ3v) is 3.45. The number of aryl methyl sites for hydroxylation is 1. The first-order valence-corrected chi connectivity index (χ1v) is 7.84. The van der Waals surface area contributed by atoms with Crippen molar-refractivity contribution in [1.29, 1.82) is 0 Å². The molecule has 0 bridgehead atoms. The molecule has 1 amide bonds. The number of hydrogen-bond acceptors (Lipinski definition) is 7. The highest BCUT2D eigenvalue weighted by Gasteiger charge is 2.25. The van der Waals surface area contributed by atoms with Gasteiger partial charge in [0.1, 0.15) is 24.3 Å². The summed E-state index contributed by atoms with van der Waals surface area (Å²) in [5, 5.41) is 20.1. The second-order valence-electron chi connectivity index (χ2n) is 5.46. The van der Waals surface area contributed by atoms with Gasteiger partial charge in [0.15, 0.2) is 6.23 Å². The minimum absolute atomic E-state index is 0.105. The Kier molecular flexibility index (Phi) is 7.05. The van der Waals surface area contributed by atoms with Crippen LogP contribution in [0.25, 0.3) is 0 Å². The van der Waals surface area contributed by atoms with Gasteiger partial charge in [0.2, 0.25) is 6.36 Å². The molecule has 0 saturated carbocycles. The summed E-state index contributed by atoms with van der Waals surface area (Å²) in [6, 6.07) is 6.04. The minimum Gasteiger partial charge on any atom is -0.393 e. The number of nitrogens with zero attached hydrogens (tertiary/aromatic N) is 3. The second kappa shape index (κ2) is 9.26. The van der Waals surface area contributed by atoms with Gasteiger partial charge in [-0.25, -0.2) is 18.6 Å². The number of pyridine rings is 1. The Balaban J connectivity index is 2.16. The SMILES string of the molecule is Cc1cccc(C(=O)Nc2ccn([C@@H](CF)O[C@H](CO)[C@@H](O)F)c(=O)n2)n1. The van der Waals surface area contributed by atoms with Gasteiger partial charge in [-0.2, -0.15) is 4.98 Å². The van der Waals surface area contributed by atoms with Crippen LogP contribution in [0.5, 0.6) is 0 Å². The fourth-order valence-corrected chi connectivity index (χ4v) is 2.12. The van der Waals surface area contributed by atoms with Crippen LogP contribution < -0.4 is 11.0 Å². The lowest BCUT2D eigenvalue weighted by Crippen LogP contribution is -2.37. The largest absolute Gasteiger partial charge is 0.393 e. The zero-order valence-electron chi connectivity index (χ0n) is 14.2. The van der Waals surface area contributed by atoms with E-state index in [1.807, 2.05) is 0 Å². The molecule has 0 fully saturated rings. The number of carbonyl (C=O) groups is 1. The molecule has 2 heterocycles. The molecule has 2 rings (SSSR count). The van der Waals surface area contributed by atoms with Crippen LogP contribution in [0.3, 0.4) is 0 Å². The summed E-state index contributed by atoms with van der Waals surface area (Å²) >= 11 is 0. The van der Waals surface area contributed by atoms with Gasteiger partial charge in [-0.1, -0.05) is 6.07 Å². The Morgan fingerprint density at radius 3 is 2.67 bits per heavy atom. The van der Waals surface area contributed by atoms with Gasteiger partial charge in [0.05, 0.1) is 6.61 Å². The molecule has 11 heteroatoms. The fourth-order valence-electron chi connectivity index (χ4n) is 2.12. The van der Waals surface area contributed by atoms with E-state index in [0.29, 0.717) is 10.3 Å². The summed E-state index contributed by atoms with van der Waals surface area (Å²) in [6.45, 7) is -0.459. The van der Waals surface area contributed by atoms with Gasteiger partial charge in [0.25, 0.3) is 5.91 Å². The normalized spacial score (nSPS) is 14.4. The Morgan fingerprint density at radius 2 is 2.11 bits per heavy atom. The molecule has 0 aliphatic rings. The van der Waals surface area contributed by atoms with Gasteiger partial charge in [0, 0.05) is 11.9 Å². The van der Waals surface area contributed by atoms with Gasteiger partial charge in [-0.15, -0.1) is 0 Å². The highest BCUT2D eigenvalue weighted by Crippen LogP contribution is 2.14. The van der Waals surface area contributed by atoms with E-state index < -0.39 is 43.6 Å². The highest BCUT2D eigenvalue weighted by atomic mass is 19.1. The predicted octanol–water partition coefficient (Wildman–Crippen LogP) is 0.333. The molecule has 0 aromatic carbocycles. The molecule has 146 valence electrons. The third kappa shape index (κ3) is 5.36. The van der Waals surface area contributed by atoms with E-state index >= 15 is 0 Å². The Bertz CT molecular complexity index is 846. The quantitative estimate of drug-likeness (QED) is 0.599. The maximum atomic E-state index is 13.2. The third-order valence-electron chi connectivity index (χ3n) is 3.45. The van der Waals surface area contributed by atoms with Crippen LogP contribution in [0.15, 0.2) is 35.3 Å². The van der Waals surface area contributed by atoms with Crippen molar-refractivity contribution in [3.05, 3.63) is 52.3 Å². The molecular weight excluding hydrogens is 366 g/mol. The Morgan fingerprint density at radius 1 is 1.37 bits per heavy atom. The van der Waals surface area contributed by atoms with Crippen LogP contribution >= 0.6 is 0 Å². The van der Waals surface area contributed by atoms with E-state index in [0.717, 1.165) is 6.20 Å². The molecule has 0 saturated heterocycles. The van der Waals surface area contributed by atoms with E-state index in [9.17, 15) is 18.4 Å². The molecule has 0 unspecified atom stereocenters. The van der Waals surface area contributed by atoms with E-state index in [2.05, 4.69) is 15.3 Å². The molecule has 0 radical (unpaired) electrons. The van der Waals surface area contributed by atoms with Gasteiger partial charge < -0.3 is 20.3 Å². The van der Waals surface area contributed by atoms with E-state index in [4.69, 9.17) is 14.9 Å². The summed E-state index contributed by atoms with van der Waals surface area (Å²) in [4.78, 5) is 31.8. The van der Waals surface area contributed by atoms with Crippen molar-refractivity contribution in [2.24, 2.45) is 0 Å². The first-order valence-electron chi connectivity index (χ1n) is 7.84. The first kappa shape index (κ1) is 20.6. The maximum absolute atomic E-state index is 13.2. The van der Waals surface area contributed by atoms with Gasteiger partial charge >= 0.3 is 5.69 Å². The molecule has 2 aromatic heterocycles. The predicted molar refractivity (Wildman–Crippen MR) is 89.5 cm³/mol. The summed E-state index contributed by atoms with van der Waals surface area (Å²) in [7, 11) is 0. The standard InChI is InChI=1S/C16H18F2N4O5/c1-9-3-2-4-10(19-9)15(25)20-12-5-6-22(16(26)21-12)13(7-17)27-11(8-23)14(18)24/h2-6,11,13-14,23-24H,7-8H2,1H3,(H,20,21,25,26)/t11-,13-,14-/m1/s1. The van der Waals surface area contributed by atoms with Gasteiger partial charge in [-0.3, -0.25) is 9.36 Å². The lowest BCUT2D eigenvalue weighted by Gasteiger charge is -2.23. The minimum atomic E-state index is -2.56. The van der Waals surface area contributed by atoms with Crippen molar-refractivity contribution in [2.45, 2.75) is 25.6 Å². The number of halogens is 2. The number of aliphatic hydroxyl groups excluding tert-OH is 2. The number of anilines is 1. The molecule has 0 spiro atoms. The summed E-state index contributed by atoms with van der Waals surface area (Å²) in [5.41, 5.74) is -0.242. The number of alkyl halides is 2. The topological polar surface area (TPSA) is 127 Å². The molecule has 0 aliphatic heterocycles. The molecule has 27 heavy (non-hydrogen) atoms. The average molecular weight is 384 g/mol. The van der Waals surface area contributed by atoms with Crippen molar-refractivity contribution < 1.29 is 28.5 Å². The molecule has 0 aliphatic carbocycles.